The minimum absolute atomic E-state index is 0.338. The third kappa shape index (κ3) is 1.88. The van der Waals surface area contributed by atoms with Crippen molar-refractivity contribution in [2.75, 3.05) is 5.73 Å². The van der Waals surface area contributed by atoms with Gasteiger partial charge in [0.2, 0.25) is 5.88 Å². The fourth-order valence-electron chi connectivity index (χ4n) is 1.90. The summed E-state index contributed by atoms with van der Waals surface area (Å²) in [6.07, 6.45) is 2.28. The molecule has 0 atom stereocenters. The zero-order valence-electron chi connectivity index (χ0n) is 9.67. The van der Waals surface area contributed by atoms with Crippen molar-refractivity contribution in [3.05, 3.63) is 59.9 Å². The second kappa shape index (κ2) is 4.41. The average molecular weight is 240 g/mol. The van der Waals surface area contributed by atoms with Crippen LogP contribution in [0, 0.1) is 0 Å². The van der Waals surface area contributed by atoms with E-state index in [2.05, 4.69) is 5.16 Å². The maximum absolute atomic E-state index is 5.82. The molecule has 90 valence electrons. The Hall–Kier alpha value is -2.49. The van der Waals surface area contributed by atoms with E-state index < -0.39 is 0 Å². The van der Waals surface area contributed by atoms with Gasteiger partial charge in [-0.25, -0.2) is 0 Å². The first kappa shape index (κ1) is 10.7. The van der Waals surface area contributed by atoms with Gasteiger partial charge in [-0.05, 0) is 17.7 Å². The van der Waals surface area contributed by atoms with Crippen LogP contribution in [0.1, 0.15) is 11.1 Å². The normalized spacial score (nSPS) is 10.7. The van der Waals surface area contributed by atoms with Gasteiger partial charge in [0.1, 0.15) is 0 Å². The van der Waals surface area contributed by atoms with E-state index in [1.54, 1.807) is 6.26 Å². The first-order valence-electron chi connectivity index (χ1n) is 5.66. The standard InChI is InChI=1S/C14H12N2O2/c15-14-11(9-10-5-2-1-3-6-10)13(16-18-14)12-7-4-8-17-12/h1-8H,9,15H2. The Bertz CT molecular complexity index is 627. The quantitative estimate of drug-likeness (QED) is 0.763. The minimum atomic E-state index is 0.338. The maximum Gasteiger partial charge on any atom is 0.226 e. The van der Waals surface area contributed by atoms with Gasteiger partial charge in [0.05, 0.1) is 11.8 Å². The molecule has 0 saturated carbocycles. The third-order valence-corrected chi connectivity index (χ3v) is 2.80. The van der Waals surface area contributed by atoms with Crippen molar-refractivity contribution in [3.63, 3.8) is 0 Å². The van der Waals surface area contributed by atoms with Gasteiger partial charge in [-0.2, -0.15) is 0 Å². The van der Waals surface area contributed by atoms with Crippen molar-refractivity contribution in [3.8, 4) is 11.5 Å². The summed E-state index contributed by atoms with van der Waals surface area (Å²) in [6.45, 7) is 0. The molecule has 18 heavy (non-hydrogen) atoms. The number of nitrogens with zero attached hydrogens (tertiary/aromatic N) is 1. The highest BCUT2D eigenvalue weighted by molar-refractivity contribution is 5.63. The topological polar surface area (TPSA) is 65.2 Å². The highest BCUT2D eigenvalue weighted by Gasteiger charge is 2.17. The van der Waals surface area contributed by atoms with Crippen LogP contribution in [-0.2, 0) is 6.42 Å². The number of furan rings is 1. The van der Waals surface area contributed by atoms with E-state index in [0.29, 0.717) is 23.8 Å². The van der Waals surface area contributed by atoms with Crippen LogP contribution in [0.2, 0.25) is 0 Å². The van der Waals surface area contributed by atoms with E-state index in [1.807, 2.05) is 42.5 Å². The Kier molecular flexibility index (Phi) is 2.61. The molecular formula is C14H12N2O2. The molecule has 2 heterocycles. The van der Waals surface area contributed by atoms with Crippen LogP contribution in [0.25, 0.3) is 11.5 Å². The van der Waals surface area contributed by atoms with E-state index in [4.69, 9.17) is 14.7 Å². The van der Waals surface area contributed by atoms with Gasteiger partial charge in [-0.15, -0.1) is 0 Å². The summed E-state index contributed by atoms with van der Waals surface area (Å²) in [5.74, 6) is 1.01. The SMILES string of the molecule is Nc1onc(-c2ccco2)c1Cc1ccccc1. The molecule has 0 aliphatic rings. The Morgan fingerprint density at radius 1 is 1.06 bits per heavy atom. The summed E-state index contributed by atoms with van der Waals surface area (Å²) in [7, 11) is 0. The summed E-state index contributed by atoms with van der Waals surface area (Å²) in [4.78, 5) is 0. The molecule has 0 unspecified atom stereocenters. The lowest BCUT2D eigenvalue weighted by Gasteiger charge is -2.00. The predicted molar refractivity (Wildman–Crippen MR) is 67.9 cm³/mol. The molecule has 0 saturated heterocycles. The molecular weight excluding hydrogens is 228 g/mol. The van der Waals surface area contributed by atoms with Crippen LogP contribution in [-0.4, -0.2) is 5.16 Å². The highest BCUT2D eigenvalue weighted by atomic mass is 16.5. The summed E-state index contributed by atoms with van der Waals surface area (Å²) in [5.41, 5.74) is 8.50. The van der Waals surface area contributed by atoms with E-state index >= 15 is 0 Å². The van der Waals surface area contributed by atoms with Crippen molar-refractivity contribution < 1.29 is 8.94 Å². The number of nitrogens with two attached hydrogens (primary N) is 1. The van der Waals surface area contributed by atoms with E-state index in [9.17, 15) is 0 Å². The Labute approximate surface area is 104 Å². The summed E-state index contributed by atoms with van der Waals surface area (Å²) < 4.78 is 10.4. The van der Waals surface area contributed by atoms with Crippen LogP contribution in [0.15, 0.2) is 57.7 Å². The van der Waals surface area contributed by atoms with Gasteiger partial charge < -0.3 is 14.7 Å². The summed E-state index contributed by atoms with van der Waals surface area (Å²) in [5, 5.41) is 3.96. The molecule has 0 bridgehead atoms. The molecule has 0 aliphatic heterocycles. The Morgan fingerprint density at radius 3 is 2.61 bits per heavy atom. The Morgan fingerprint density at radius 2 is 1.89 bits per heavy atom. The molecule has 3 aromatic rings. The van der Waals surface area contributed by atoms with Gasteiger partial charge in [-0.3, -0.25) is 0 Å². The van der Waals surface area contributed by atoms with Crippen molar-refractivity contribution in [2.45, 2.75) is 6.42 Å². The molecule has 2 aromatic heterocycles. The molecule has 0 radical (unpaired) electrons. The number of nitrogen functional groups attached to an aromatic ring is 1. The fourth-order valence-corrected chi connectivity index (χ4v) is 1.90. The summed E-state index contributed by atoms with van der Waals surface area (Å²) in [6, 6.07) is 13.7. The van der Waals surface area contributed by atoms with Crippen molar-refractivity contribution in [1.29, 1.82) is 0 Å². The van der Waals surface area contributed by atoms with Gasteiger partial charge in [-0.1, -0.05) is 35.5 Å². The number of benzene rings is 1. The molecule has 4 nitrogen and oxygen atoms in total. The first-order valence-corrected chi connectivity index (χ1v) is 5.66. The molecule has 0 aliphatic carbocycles. The van der Waals surface area contributed by atoms with Crippen LogP contribution in [0.5, 0.6) is 0 Å². The number of hydrogen-bond acceptors (Lipinski definition) is 4. The average Bonchev–Trinajstić information content (AvgIpc) is 3.02. The molecule has 2 N–H and O–H groups in total. The second-order valence-electron chi connectivity index (χ2n) is 4.01. The van der Waals surface area contributed by atoms with Crippen LogP contribution < -0.4 is 5.73 Å². The maximum atomic E-state index is 5.82. The molecule has 0 spiro atoms. The monoisotopic (exact) mass is 240 g/mol. The molecule has 0 fully saturated rings. The largest absolute Gasteiger partial charge is 0.463 e. The lowest BCUT2D eigenvalue weighted by atomic mass is 10.0. The molecule has 1 aromatic carbocycles. The van der Waals surface area contributed by atoms with Gasteiger partial charge in [0, 0.05) is 6.42 Å². The van der Waals surface area contributed by atoms with Crippen LogP contribution in [0.4, 0.5) is 5.88 Å². The number of hydrogen-bond donors (Lipinski definition) is 1. The molecule has 0 amide bonds. The summed E-state index contributed by atoms with van der Waals surface area (Å²) >= 11 is 0. The second-order valence-corrected chi connectivity index (χ2v) is 4.01. The number of anilines is 1. The minimum Gasteiger partial charge on any atom is -0.463 e. The van der Waals surface area contributed by atoms with Crippen molar-refractivity contribution in [2.24, 2.45) is 0 Å². The lowest BCUT2D eigenvalue weighted by Crippen LogP contribution is -1.93. The Balaban J connectivity index is 1.99. The lowest BCUT2D eigenvalue weighted by molar-refractivity contribution is 0.435. The van der Waals surface area contributed by atoms with Crippen LogP contribution in [0.3, 0.4) is 0 Å². The zero-order chi connectivity index (χ0) is 12.4. The predicted octanol–water partition coefficient (Wildman–Crippen LogP) is 3.11. The van der Waals surface area contributed by atoms with E-state index in [1.165, 1.54) is 0 Å². The molecule has 4 heteroatoms. The number of aromatic nitrogens is 1. The van der Waals surface area contributed by atoms with Gasteiger partial charge in [0.25, 0.3) is 0 Å². The van der Waals surface area contributed by atoms with Gasteiger partial charge >= 0.3 is 0 Å². The smallest absolute Gasteiger partial charge is 0.226 e. The highest BCUT2D eigenvalue weighted by Crippen LogP contribution is 2.29. The third-order valence-electron chi connectivity index (χ3n) is 2.80. The number of rotatable bonds is 3. The van der Waals surface area contributed by atoms with Crippen LogP contribution >= 0.6 is 0 Å². The first-order chi connectivity index (χ1) is 8.84. The zero-order valence-corrected chi connectivity index (χ0v) is 9.67. The van der Waals surface area contributed by atoms with E-state index in [-0.39, 0.29) is 0 Å². The molecule has 3 rings (SSSR count). The van der Waals surface area contributed by atoms with Crippen molar-refractivity contribution >= 4 is 5.88 Å². The van der Waals surface area contributed by atoms with E-state index in [0.717, 1.165) is 11.1 Å². The van der Waals surface area contributed by atoms with Gasteiger partial charge in [0.15, 0.2) is 11.5 Å². The van der Waals surface area contributed by atoms with Crippen molar-refractivity contribution in [1.82, 2.24) is 5.16 Å². The fraction of sp³-hybridized carbons (Fsp3) is 0.0714.